The number of benzene rings is 2. The molecule has 0 atom stereocenters. The Morgan fingerprint density at radius 1 is 1.00 bits per heavy atom. The van der Waals surface area contributed by atoms with Gasteiger partial charge in [-0.2, -0.15) is 9.78 Å². The topological polar surface area (TPSA) is 45.5 Å². The molecule has 2 aliphatic rings. The fourth-order valence-electron chi connectivity index (χ4n) is 2.74. The standard InChI is InChI=1S/C15H10N2O3/c1-2-4-12-9(3-1)7-18-15-10-5-13-14(20-8-19-13)6-11(10)16-17(12)15/h1-6H,7-8H2. The number of aromatic nitrogens is 2. The molecular weight excluding hydrogens is 256 g/mol. The van der Waals surface area contributed by atoms with Gasteiger partial charge in [0.05, 0.1) is 11.1 Å². The summed E-state index contributed by atoms with van der Waals surface area (Å²) >= 11 is 0. The Bertz CT molecular complexity index is 854. The number of para-hydroxylation sites is 1. The molecule has 0 fully saturated rings. The number of rotatable bonds is 0. The van der Waals surface area contributed by atoms with Gasteiger partial charge >= 0.3 is 0 Å². The highest BCUT2D eigenvalue weighted by Gasteiger charge is 2.24. The average molecular weight is 266 g/mol. The van der Waals surface area contributed by atoms with Crippen molar-refractivity contribution in [1.29, 1.82) is 0 Å². The summed E-state index contributed by atoms with van der Waals surface area (Å²) in [5.74, 6) is 2.24. The van der Waals surface area contributed by atoms with Crippen molar-refractivity contribution in [2.45, 2.75) is 6.61 Å². The van der Waals surface area contributed by atoms with Crippen LogP contribution < -0.4 is 14.2 Å². The fraction of sp³-hybridized carbons (Fsp3) is 0.133. The fourth-order valence-corrected chi connectivity index (χ4v) is 2.74. The first-order valence-electron chi connectivity index (χ1n) is 6.43. The van der Waals surface area contributed by atoms with E-state index < -0.39 is 0 Å². The van der Waals surface area contributed by atoms with E-state index >= 15 is 0 Å². The zero-order valence-corrected chi connectivity index (χ0v) is 10.5. The molecule has 0 unspecified atom stereocenters. The molecule has 0 aliphatic carbocycles. The van der Waals surface area contributed by atoms with Crippen molar-refractivity contribution in [1.82, 2.24) is 9.78 Å². The SMILES string of the molecule is c1ccc2c(c1)COc1c3cc4c(cc3nn1-2)OCO4. The molecule has 1 aromatic heterocycles. The van der Waals surface area contributed by atoms with Crippen molar-refractivity contribution >= 4 is 10.9 Å². The third kappa shape index (κ3) is 1.19. The minimum Gasteiger partial charge on any atom is -0.472 e. The summed E-state index contributed by atoms with van der Waals surface area (Å²) in [7, 11) is 0. The Balaban J connectivity index is 1.83. The molecule has 5 nitrogen and oxygen atoms in total. The van der Waals surface area contributed by atoms with E-state index in [1.807, 2.05) is 35.0 Å². The Morgan fingerprint density at radius 2 is 1.85 bits per heavy atom. The summed E-state index contributed by atoms with van der Waals surface area (Å²) in [5, 5.41) is 5.58. The predicted octanol–water partition coefficient (Wildman–Crippen LogP) is 2.65. The predicted molar refractivity (Wildman–Crippen MR) is 71.5 cm³/mol. The maximum Gasteiger partial charge on any atom is 0.231 e. The Hall–Kier alpha value is -2.69. The lowest BCUT2D eigenvalue weighted by molar-refractivity contribution is 0.174. The summed E-state index contributed by atoms with van der Waals surface area (Å²) in [4.78, 5) is 0. The first-order valence-corrected chi connectivity index (χ1v) is 6.43. The van der Waals surface area contributed by atoms with Crippen LogP contribution in [-0.4, -0.2) is 16.6 Å². The first kappa shape index (κ1) is 10.1. The molecule has 5 heteroatoms. The Kier molecular flexibility index (Phi) is 1.75. The van der Waals surface area contributed by atoms with E-state index in [4.69, 9.17) is 14.2 Å². The zero-order valence-electron chi connectivity index (χ0n) is 10.5. The zero-order chi connectivity index (χ0) is 13.1. The highest BCUT2D eigenvalue weighted by atomic mass is 16.7. The summed E-state index contributed by atoms with van der Waals surface area (Å²) in [6.07, 6.45) is 0. The lowest BCUT2D eigenvalue weighted by Crippen LogP contribution is -2.12. The van der Waals surface area contributed by atoms with Crippen LogP contribution in [0.5, 0.6) is 17.4 Å². The van der Waals surface area contributed by atoms with E-state index in [1.165, 1.54) is 0 Å². The van der Waals surface area contributed by atoms with E-state index in [-0.39, 0.29) is 6.79 Å². The molecule has 0 N–H and O–H groups in total. The minimum atomic E-state index is 0.265. The molecule has 0 amide bonds. The third-order valence-corrected chi connectivity index (χ3v) is 3.71. The van der Waals surface area contributed by atoms with Crippen LogP contribution in [0, 0.1) is 0 Å². The van der Waals surface area contributed by atoms with E-state index in [2.05, 4.69) is 11.2 Å². The molecule has 0 spiro atoms. The van der Waals surface area contributed by atoms with Gasteiger partial charge < -0.3 is 14.2 Å². The number of fused-ring (bicyclic) bond motifs is 6. The lowest BCUT2D eigenvalue weighted by atomic mass is 10.1. The molecule has 2 aromatic carbocycles. The van der Waals surface area contributed by atoms with Gasteiger partial charge in [-0.3, -0.25) is 0 Å². The van der Waals surface area contributed by atoms with Crippen molar-refractivity contribution in [3.63, 3.8) is 0 Å². The molecule has 3 heterocycles. The lowest BCUT2D eigenvalue weighted by Gasteiger charge is -2.18. The van der Waals surface area contributed by atoms with Crippen LogP contribution in [0.25, 0.3) is 16.6 Å². The maximum absolute atomic E-state index is 5.87. The van der Waals surface area contributed by atoms with Crippen LogP contribution in [0.15, 0.2) is 36.4 Å². The Labute approximate surface area is 114 Å². The average Bonchev–Trinajstić information content (AvgIpc) is 3.08. The van der Waals surface area contributed by atoms with Crippen molar-refractivity contribution < 1.29 is 14.2 Å². The molecule has 0 bridgehead atoms. The van der Waals surface area contributed by atoms with Gasteiger partial charge in [-0.05, 0) is 12.1 Å². The molecule has 0 saturated heterocycles. The maximum atomic E-state index is 5.87. The number of ether oxygens (including phenoxy) is 3. The van der Waals surface area contributed by atoms with Crippen LogP contribution in [0.1, 0.15) is 5.56 Å². The van der Waals surface area contributed by atoms with Gasteiger partial charge in [0.25, 0.3) is 0 Å². The van der Waals surface area contributed by atoms with Crippen LogP contribution >= 0.6 is 0 Å². The van der Waals surface area contributed by atoms with Gasteiger partial charge in [0.15, 0.2) is 11.5 Å². The smallest absolute Gasteiger partial charge is 0.231 e. The van der Waals surface area contributed by atoms with E-state index in [0.29, 0.717) is 6.61 Å². The molecule has 0 saturated carbocycles. The summed E-state index contributed by atoms with van der Waals surface area (Å²) in [6, 6.07) is 11.9. The number of nitrogens with zero attached hydrogens (tertiary/aromatic N) is 2. The van der Waals surface area contributed by atoms with Crippen LogP contribution in [0.4, 0.5) is 0 Å². The molecule has 98 valence electrons. The van der Waals surface area contributed by atoms with Crippen molar-refractivity contribution in [3.05, 3.63) is 42.0 Å². The highest BCUT2D eigenvalue weighted by molar-refractivity contribution is 5.89. The normalized spacial score (nSPS) is 14.8. The van der Waals surface area contributed by atoms with E-state index in [0.717, 1.165) is 39.5 Å². The summed E-state index contributed by atoms with van der Waals surface area (Å²) in [5.41, 5.74) is 3.04. The summed E-state index contributed by atoms with van der Waals surface area (Å²) < 4.78 is 18.5. The molecule has 3 aromatic rings. The van der Waals surface area contributed by atoms with Crippen molar-refractivity contribution in [3.8, 4) is 23.1 Å². The number of hydrogen-bond acceptors (Lipinski definition) is 4. The first-order chi connectivity index (χ1) is 9.90. The van der Waals surface area contributed by atoms with Gasteiger partial charge in [0, 0.05) is 11.6 Å². The molecule has 0 radical (unpaired) electrons. The Morgan fingerprint density at radius 3 is 2.80 bits per heavy atom. The van der Waals surface area contributed by atoms with Gasteiger partial charge in [-0.15, -0.1) is 0 Å². The monoisotopic (exact) mass is 266 g/mol. The van der Waals surface area contributed by atoms with E-state index in [9.17, 15) is 0 Å². The van der Waals surface area contributed by atoms with E-state index in [1.54, 1.807) is 0 Å². The van der Waals surface area contributed by atoms with Crippen LogP contribution in [0.2, 0.25) is 0 Å². The molecule has 20 heavy (non-hydrogen) atoms. The largest absolute Gasteiger partial charge is 0.472 e. The van der Waals surface area contributed by atoms with Crippen LogP contribution in [0.3, 0.4) is 0 Å². The third-order valence-electron chi connectivity index (χ3n) is 3.71. The van der Waals surface area contributed by atoms with Crippen molar-refractivity contribution in [2.24, 2.45) is 0 Å². The van der Waals surface area contributed by atoms with Crippen molar-refractivity contribution in [2.75, 3.05) is 6.79 Å². The van der Waals surface area contributed by atoms with Gasteiger partial charge in [0.2, 0.25) is 12.7 Å². The van der Waals surface area contributed by atoms with Crippen LogP contribution in [-0.2, 0) is 6.61 Å². The second-order valence-electron chi connectivity index (χ2n) is 4.86. The number of hydrogen-bond donors (Lipinski definition) is 0. The minimum absolute atomic E-state index is 0.265. The second kappa shape index (κ2) is 3.45. The molecule has 5 rings (SSSR count). The molecular formula is C15H10N2O3. The summed E-state index contributed by atoms with van der Waals surface area (Å²) in [6.45, 7) is 0.826. The second-order valence-corrected chi connectivity index (χ2v) is 4.86. The van der Waals surface area contributed by atoms with Gasteiger partial charge in [-0.1, -0.05) is 18.2 Å². The van der Waals surface area contributed by atoms with Gasteiger partial charge in [0.1, 0.15) is 12.1 Å². The quantitative estimate of drug-likeness (QED) is 0.627. The van der Waals surface area contributed by atoms with Gasteiger partial charge in [-0.25, -0.2) is 0 Å². The highest BCUT2D eigenvalue weighted by Crippen LogP contribution is 2.41. The molecule has 2 aliphatic heterocycles.